The van der Waals surface area contributed by atoms with Crippen LogP contribution < -0.4 is 0 Å². The van der Waals surface area contributed by atoms with E-state index < -0.39 is 11.1 Å². The fourth-order valence-corrected chi connectivity index (χ4v) is 0. The first kappa shape index (κ1) is 6.50. The molecule has 0 nitrogen and oxygen atoms in total. The molecule has 0 fully saturated rings. The van der Waals surface area contributed by atoms with Gasteiger partial charge < -0.3 is 0 Å². The Morgan fingerprint density at radius 2 is 1.83 bits per heavy atom. The molecule has 0 aromatic rings. The molecule has 0 amide bonds. The molecule has 0 N–H and O–H groups in total. The van der Waals surface area contributed by atoms with Gasteiger partial charge in [-0.05, 0) is 12.6 Å². The maximum atomic E-state index is 11.1. The zero-order chi connectivity index (χ0) is 5.21. The Hall–Kier alpha value is 0.500. The quantitative estimate of drug-likeness (QED) is 0.478. The molecule has 6 heavy (non-hydrogen) atoms. The Bertz CT molecular complexity index is 41.3. The van der Waals surface area contributed by atoms with Crippen LogP contribution >= 0.6 is 24.2 Å². The van der Waals surface area contributed by atoms with Gasteiger partial charge in [0, 0.05) is 0 Å². The third-order valence-electron chi connectivity index (χ3n) is 0.156. The lowest BCUT2D eigenvalue weighted by atomic mass is 10.8. The molecule has 0 aromatic carbocycles. The highest BCUT2D eigenvalue weighted by Gasteiger charge is 2.20. The highest BCUT2D eigenvalue weighted by atomic mass is 35.5. The van der Waals surface area contributed by atoms with Gasteiger partial charge >= 0.3 is 5.25 Å². The van der Waals surface area contributed by atoms with Gasteiger partial charge in [-0.25, -0.2) is 0 Å². The molecule has 0 heterocycles. The fourth-order valence-electron chi connectivity index (χ4n) is 0. The molecule has 0 bridgehead atoms. The van der Waals surface area contributed by atoms with Crippen molar-refractivity contribution in [3.8, 4) is 0 Å². The molecule has 0 unspecified atom stereocenters. The number of halogens is 3. The van der Waals surface area contributed by atoms with Crippen molar-refractivity contribution >= 4 is 24.2 Å². The monoisotopic (exact) mass is 131 g/mol. The largest absolute Gasteiger partial charge is 0.316 e. The highest BCUT2D eigenvalue weighted by molar-refractivity contribution is 7.81. The summed E-state index contributed by atoms with van der Waals surface area (Å²) in [4.78, 5) is 0. The fraction of sp³-hybridized carbons (Fsp3) is 1.00. The molecule has 37 valence electrons. The third kappa shape index (κ3) is 4.50. The van der Waals surface area contributed by atoms with Crippen LogP contribution in [0.1, 0.15) is 0 Å². The molecule has 0 atom stereocenters. The van der Waals surface area contributed by atoms with Gasteiger partial charge in [-0.15, -0.1) is 11.6 Å². The summed E-state index contributed by atoms with van der Waals surface area (Å²) in [5, 5.41) is -3.11. The lowest BCUT2D eigenvalue weighted by molar-refractivity contribution is 0.135. The van der Waals surface area contributed by atoms with E-state index in [4.69, 9.17) is 0 Å². The molecule has 0 spiro atoms. The Labute approximate surface area is 44.9 Å². The molecule has 1 radical (unpaired) electrons. The van der Waals surface area contributed by atoms with E-state index in [0.717, 1.165) is 0 Å². The second-order valence-electron chi connectivity index (χ2n) is 0.771. The second-order valence-corrected chi connectivity index (χ2v) is 1.64. The summed E-state index contributed by atoms with van der Waals surface area (Å²) in [5.41, 5.74) is 0. The van der Waals surface area contributed by atoms with Gasteiger partial charge in [0.15, 0.2) is 0 Å². The average Bonchev–Trinajstić information content (AvgIpc) is 1.35. The molecular weight excluding hydrogens is 130 g/mol. The van der Waals surface area contributed by atoms with Gasteiger partial charge in [0.25, 0.3) is 0 Å². The molecule has 0 aromatic heterocycles. The number of rotatable bonds is 1. The molecule has 0 aliphatic carbocycles. The molecule has 0 saturated carbocycles. The Balaban J connectivity index is 3.17. The second kappa shape index (κ2) is 1.98. The lowest BCUT2D eigenvalue weighted by Gasteiger charge is -1.97. The molecule has 0 aliphatic rings. The third-order valence-corrected chi connectivity index (χ3v) is 0.794. The number of hydrogen-bond donors (Lipinski definition) is 0. The lowest BCUT2D eigenvalue weighted by Crippen LogP contribution is -2.05. The minimum Gasteiger partial charge on any atom is -0.192 e. The zero-order valence-corrected chi connectivity index (χ0v) is 4.32. The first-order valence-electron chi connectivity index (χ1n) is 1.20. The summed E-state index contributed by atoms with van der Waals surface area (Å²) in [6.45, 7) is 0. The van der Waals surface area contributed by atoms with Crippen LogP contribution in [0.15, 0.2) is 0 Å². The summed E-state index contributed by atoms with van der Waals surface area (Å²) in [6.07, 6.45) is 0. The van der Waals surface area contributed by atoms with Crippen LogP contribution in [-0.4, -0.2) is 11.1 Å². The van der Waals surface area contributed by atoms with Crippen LogP contribution in [-0.2, 0) is 0 Å². The first-order valence-corrected chi connectivity index (χ1v) is 2.15. The molecule has 0 rings (SSSR count). The smallest absolute Gasteiger partial charge is 0.192 e. The van der Waals surface area contributed by atoms with Gasteiger partial charge in [0.2, 0.25) is 0 Å². The van der Waals surface area contributed by atoms with Crippen molar-refractivity contribution in [2.45, 2.75) is 5.25 Å². The maximum absolute atomic E-state index is 11.1. The van der Waals surface area contributed by atoms with E-state index in [1.165, 1.54) is 0 Å². The van der Waals surface area contributed by atoms with Crippen molar-refractivity contribution in [3.63, 3.8) is 0 Å². The molecule has 4 heteroatoms. The minimum absolute atomic E-state index is 0.775. The van der Waals surface area contributed by atoms with E-state index in [1.807, 2.05) is 0 Å². The average molecular weight is 132 g/mol. The van der Waals surface area contributed by atoms with Crippen LogP contribution in [0.25, 0.3) is 0 Å². The van der Waals surface area contributed by atoms with E-state index in [-0.39, 0.29) is 0 Å². The molecule has 0 aliphatic heterocycles. The predicted molar refractivity (Wildman–Crippen MR) is 23.3 cm³/mol. The van der Waals surface area contributed by atoms with Crippen LogP contribution in [0.2, 0.25) is 0 Å². The summed E-state index contributed by atoms with van der Waals surface area (Å²) in [5.74, 6) is -0.775. The van der Waals surface area contributed by atoms with E-state index in [1.54, 1.807) is 0 Å². The Kier molecular flexibility index (Phi) is 2.15. The minimum atomic E-state index is -3.11. The Morgan fingerprint density at radius 1 is 1.67 bits per heavy atom. The maximum Gasteiger partial charge on any atom is 0.316 e. The van der Waals surface area contributed by atoms with E-state index in [9.17, 15) is 8.78 Å². The molecular formula is C2H2ClF2S. The van der Waals surface area contributed by atoms with Crippen molar-refractivity contribution in [2.24, 2.45) is 0 Å². The van der Waals surface area contributed by atoms with Crippen LogP contribution in [0.5, 0.6) is 0 Å². The summed E-state index contributed by atoms with van der Waals surface area (Å²) >= 11 is 8.14. The van der Waals surface area contributed by atoms with E-state index >= 15 is 0 Å². The SMILES string of the molecule is FC(F)([S])CCl. The number of hydrogen-bond acceptors (Lipinski definition) is 0. The normalized spacial score (nSPS) is 12.0. The summed E-state index contributed by atoms with van der Waals surface area (Å²) in [6, 6.07) is 0. The van der Waals surface area contributed by atoms with E-state index in [0.29, 0.717) is 0 Å². The van der Waals surface area contributed by atoms with Crippen molar-refractivity contribution in [2.75, 3.05) is 5.88 Å². The van der Waals surface area contributed by atoms with Gasteiger partial charge in [-0.1, -0.05) is 0 Å². The van der Waals surface area contributed by atoms with Crippen molar-refractivity contribution in [1.29, 1.82) is 0 Å². The van der Waals surface area contributed by atoms with Crippen molar-refractivity contribution in [3.05, 3.63) is 0 Å². The van der Waals surface area contributed by atoms with Gasteiger partial charge in [-0.2, -0.15) is 8.78 Å². The van der Waals surface area contributed by atoms with Gasteiger partial charge in [0.1, 0.15) is 0 Å². The van der Waals surface area contributed by atoms with Crippen molar-refractivity contribution < 1.29 is 8.78 Å². The summed E-state index contributed by atoms with van der Waals surface area (Å²) in [7, 11) is 0. The molecule has 0 saturated heterocycles. The Morgan fingerprint density at radius 3 is 1.83 bits per heavy atom. The first-order chi connectivity index (χ1) is 2.56. The van der Waals surface area contributed by atoms with Gasteiger partial charge in [0.05, 0.1) is 5.88 Å². The zero-order valence-electron chi connectivity index (χ0n) is 2.75. The van der Waals surface area contributed by atoms with Crippen LogP contribution in [0.4, 0.5) is 8.78 Å². The van der Waals surface area contributed by atoms with Crippen LogP contribution in [0.3, 0.4) is 0 Å². The topological polar surface area (TPSA) is 0 Å². The highest BCUT2D eigenvalue weighted by Crippen LogP contribution is 2.18. The van der Waals surface area contributed by atoms with Crippen molar-refractivity contribution in [1.82, 2.24) is 0 Å². The standard InChI is InChI=1S/C2H2ClF2S/c3-1-2(4,5)6/h1H2. The van der Waals surface area contributed by atoms with E-state index in [2.05, 4.69) is 24.2 Å². The number of alkyl halides is 3. The summed E-state index contributed by atoms with van der Waals surface area (Å²) < 4.78 is 22.3. The van der Waals surface area contributed by atoms with Gasteiger partial charge in [-0.3, -0.25) is 0 Å². The predicted octanol–water partition coefficient (Wildman–Crippen LogP) is 2.02. The van der Waals surface area contributed by atoms with Crippen LogP contribution in [0, 0.1) is 0 Å².